The molecule has 0 nitrogen and oxygen atoms in total. The summed E-state index contributed by atoms with van der Waals surface area (Å²) in [4.78, 5) is 0. The van der Waals surface area contributed by atoms with E-state index >= 15 is 0 Å². The number of unbranched alkanes of at least 4 members (excludes halogenated alkanes) is 1. The van der Waals surface area contributed by atoms with Crippen LogP contribution in [0.4, 0.5) is 0 Å². The minimum Gasteiger partial charge on any atom is -0.0842 e. The third-order valence-corrected chi connectivity index (χ3v) is 3.71. The van der Waals surface area contributed by atoms with Crippen LogP contribution in [0.3, 0.4) is 0 Å². The molecule has 0 bridgehead atoms. The molecule has 0 spiro atoms. The van der Waals surface area contributed by atoms with Crippen LogP contribution in [0.5, 0.6) is 0 Å². The Balaban J connectivity index is 1.97. The van der Waals surface area contributed by atoms with Gasteiger partial charge in [-0.3, -0.25) is 0 Å². The van der Waals surface area contributed by atoms with Crippen LogP contribution in [0.15, 0.2) is 23.8 Å². The average molecular weight is 190 g/mol. The lowest BCUT2D eigenvalue weighted by molar-refractivity contribution is 0.397. The molecule has 2 aliphatic carbocycles. The molecule has 0 aliphatic heterocycles. The normalized spacial score (nSPS) is 31.1. The summed E-state index contributed by atoms with van der Waals surface area (Å²) in [5.41, 5.74) is 1.66. The van der Waals surface area contributed by atoms with Gasteiger partial charge in [-0.15, -0.1) is 0 Å². The molecule has 0 amide bonds. The molecule has 2 aliphatic rings. The quantitative estimate of drug-likeness (QED) is 0.615. The molecule has 0 N–H and O–H groups in total. The zero-order valence-electron chi connectivity index (χ0n) is 9.34. The molecule has 0 heterocycles. The molecule has 78 valence electrons. The van der Waals surface area contributed by atoms with Crippen molar-refractivity contribution in [2.24, 2.45) is 11.8 Å². The molecule has 0 unspecified atom stereocenters. The summed E-state index contributed by atoms with van der Waals surface area (Å²) in [6.07, 6.45) is 17.1. The van der Waals surface area contributed by atoms with Crippen molar-refractivity contribution in [1.82, 2.24) is 0 Å². The van der Waals surface area contributed by atoms with E-state index in [0.29, 0.717) is 0 Å². The first-order valence-corrected chi connectivity index (χ1v) is 6.28. The molecule has 14 heavy (non-hydrogen) atoms. The molecule has 0 aromatic heterocycles. The highest BCUT2D eigenvalue weighted by atomic mass is 14.3. The van der Waals surface area contributed by atoms with E-state index in [4.69, 9.17) is 0 Å². The van der Waals surface area contributed by atoms with Gasteiger partial charge in [0.25, 0.3) is 0 Å². The summed E-state index contributed by atoms with van der Waals surface area (Å²) in [5.74, 6) is 1.81. The maximum absolute atomic E-state index is 2.57. The Bertz CT molecular complexity index is 234. The van der Waals surface area contributed by atoms with Crippen molar-refractivity contribution in [3.63, 3.8) is 0 Å². The number of hydrogen-bond acceptors (Lipinski definition) is 0. The summed E-state index contributed by atoms with van der Waals surface area (Å²) in [5, 5.41) is 0. The largest absolute Gasteiger partial charge is 0.0842 e. The SMILES string of the molecule is CCCC[C@H]1C=C2C=CCC[C@@H]2CC1. The number of hydrogen-bond donors (Lipinski definition) is 0. The lowest BCUT2D eigenvalue weighted by Crippen LogP contribution is -2.15. The third kappa shape index (κ3) is 2.29. The second-order valence-electron chi connectivity index (χ2n) is 4.82. The highest BCUT2D eigenvalue weighted by Crippen LogP contribution is 2.36. The second-order valence-corrected chi connectivity index (χ2v) is 4.82. The van der Waals surface area contributed by atoms with Gasteiger partial charge in [0, 0.05) is 0 Å². The van der Waals surface area contributed by atoms with Crippen LogP contribution in [-0.4, -0.2) is 0 Å². The molecule has 0 aromatic rings. The summed E-state index contributed by atoms with van der Waals surface area (Å²) in [6, 6.07) is 0. The fourth-order valence-corrected chi connectivity index (χ4v) is 2.79. The van der Waals surface area contributed by atoms with Crippen LogP contribution >= 0.6 is 0 Å². The monoisotopic (exact) mass is 190 g/mol. The van der Waals surface area contributed by atoms with E-state index < -0.39 is 0 Å². The molecule has 0 aromatic carbocycles. The van der Waals surface area contributed by atoms with E-state index in [0.717, 1.165) is 11.8 Å². The van der Waals surface area contributed by atoms with Gasteiger partial charge in [-0.1, -0.05) is 38.0 Å². The van der Waals surface area contributed by atoms with Crippen molar-refractivity contribution in [2.75, 3.05) is 0 Å². The van der Waals surface area contributed by atoms with Crippen LogP contribution in [0.25, 0.3) is 0 Å². The Morgan fingerprint density at radius 1 is 1.29 bits per heavy atom. The van der Waals surface area contributed by atoms with Gasteiger partial charge >= 0.3 is 0 Å². The number of rotatable bonds is 3. The maximum Gasteiger partial charge on any atom is -0.0162 e. The lowest BCUT2D eigenvalue weighted by atomic mass is 9.76. The minimum atomic E-state index is 0.893. The second kappa shape index (κ2) is 4.82. The zero-order chi connectivity index (χ0) is 9.80. The van der Waals surface area contributed by atoms with E-state index in [1.807, 2.05) is 0 Å². The number of fused-ring (bicyclic) bond motifs is 1. The van der Waals surface area contributed by atoms with Gasteiger partial charge in [0.15, 0.2) is 0 Å². The molecule has 0 saturated heterocycles. The topological polar surface area (TPSA) is 0 Å². The predicted octanol–water partition coefficient (Wildman–Crippen LogP) is 4.48. The van der Waals surface area contributed by atoms with E-state index in [2.05, 4.69) is 25.2 Å². The fourth-order valence-electron chi connectivity index (χ4n) is 2.79. The third-order valence-electron chi connectivity index (χ3n) is 3.71. The van der Waals surface area contributed by atoms with Crippen molar-refractivity contribution in [2.45, 2.75) is 51.9 Å². The molecule has 0 radical (unpaired) electrons. The Hall–Kier alpha value is -0.520. The van der Waals surface area contributed by atoms with Gasteiger partial charge in [0.05, 0.1) is 0 Å². The first kappa shape index (κ1) is 10.0. The smallest absolute Gasteiger partial charge is 0.0162 e. The van der Waals surface area contributed by atoms with Crippen molar-refractivity contribution in [3.8, 4) is 0 Å². The minimum absolute atomic E-state index is 0.893. The highest BCUT2D eigenvalue weighted by molar-refractivity contribution is 5.27. The van der Waals surface area contributed by atoms with Crippen molar-refractivity contribution in [3.05, 3.63) is 23.8 Å². The van der Waals surface area contributed by atoms with Gasteiger partial charge in [-0.25, -0.2) is 0 Å². The Morgan fingerprint density at radius 3 is 3.07 bits per heavy atom. The van der Waals surface area contributed by atoms with E-state index in [9.17, 15) is 0 Å². The molecular weight excluding hydrogens is 168 g/mol. The average Bonchev–Trinajstić information content (AvgIpc) is 2.26. The van der Waals surface area contributed by atoms with E-state index in [-0.39, 0.29) is 0 Å². The lowest BCUT2D eigenvalue weighted by Gasteiger charge is -2.29. The van der Waals surface area contributed by atoms with Crippen LogP contribution in [-0.2, 0) is 0 Å². The Kier molecular flexibility index (Phi) is 3.44. The van der Waals surface area contributed by atoms with Crippen molar-refractivity contribution < 1.29 is 0 Å². The molecule has 0 fully saturated rings. The standard InChI is InChI=1S/C14H22/c1-2-3-6-12-9-10-13-7-4-5-8-14(13)11-12/h5,8,11-13H,2-4,6-7,9-10H2,1H3/t12-,13-/m1/s1. The maximum atomic E-state index is 2.57. The van der Waals surface area contributed by atoms with Crippen LogP contribution in [0, 0.1) is 11.8 Å². The summed E-state index contributed by atoms with van der Waals surface area (Å²) in [7, 11) is 0. The molecule has 2 rings (SSSR count). The summed E-state index contributed by atoms with van der Waals surface area (Å²) >= 11 is 0. The number of allylic oxidation sites excluding steroid dienone is 4. The van der Waals surface area contributed by atoms with Crippen LogP contribution in [0.2, 0.25) is 0 Å². The Labute approximate surface area is 88.1 Å². The van der Waals surface area contributed by atoms with Crippen LogP contribution < -0.4 is 0 Å². The predicted molar refractivity (Wildman–Crippen MR) is 62.2 cm³/mol. The highest BCUT2D eigenvalue weighted by Gasteiger charge is 2.22. The first-order valence-electron chi connectivity index (χ1n) is 6.28. The van der Waals surface area contributed by atoms with Gasteiger partial charge in [-0.05, 0) is 49.5 Å². The van der Waals surface area contributed by atoms with Gasteiger partial charge in [0.2, 0.25) is 0 Å². The zero-order valence-corrected chi connectivity index (χ0v) is 9.34. The Morgan fingerprint density at radius 2 is 2.21 bits per heavy atom. The van der Waals surface area contributed by atoms with Crippen molar-refractivity contribution in [1.29, 1.82) is 0 Å². The van der Waals surface area contributed by atoms with Gasteiger partial charge in [-0.2, -0.15) is 0 Å². The molecule has 0 saturated carbocycles. The fraction of sp³-hybridized carbons (Fsp3) is 0.714. The molecular formula is C14H22. The van der Waals surface area contributed by atoms with E-state index in [1.165, 1.54) is 44.9 Å². The van der Waals surface area contributed by atoms with Gasteiger partial charge < -0.3 is 0 Å². The van der Waals surface area contributed by atoms with E-state index in [1.54, 1.807) is 5.57 Å². The van der Waals surface area contributed by atoms with Gasteiger partial charge in [0.1, 0.15) is 0 Å². The first-order chi connectivity index (χ1) is 6.90. The molecule has 2 atom stereocenters. The summed E-state index contributed by atoms with van der Waals surface area (Å²) < 4.78 is 0. The van der Waals surface area contributed by atoms with Crippen LogP contribution in [0.1, 0.15) is 51.9 Å². The molecule has 0 heteroatoms. The summed E-state index contributed by atoms with van der Waals surface area (Å²) in [6.45, 7) is 2.29. The van der Waals surface area contributed by atoms with Crippen molar-refractivity contribution >= 4 is 0 Å².